The first-order chi connectivity index (χ1) is 9.46. The Hall–Kier alpha value is -0.430. The standard InChI is InChI=1S/C14H20BrNO3S/c1-11-6-7-14(13(15)9-11)20(18,19)16-8-4-2-3-5-12(16)10-17/h6-7,9,12,17H,2-5,8,10H2,1H3. The molecule has 0 spiro atoms. The van der Waals surface area contributed by atoms with E-state index in [1.807, 2.05) is 6.92 Å². The Morgan fingerprint density at radius 1 is 1.35 bits per heavy atom. The van der Waals surface area contributed by atoms with Gasteiger partial charge in [0.1, 0.15) is 0 Å². The van der Waals surface area contributed by atoms with Crippen molar-refractivity contribution >= 4 is 26.0 Å². The quantitative estimate of drug-likeness (QED) is 0.900. The van der Waals surface area contributed by atoms with Gasteiger partial charge in [-0.1, -0.05) is 18.9 Å². The van der Waals surface area contributed by atoms with Crippen LogP contribution in [0.25, 0.3) is 0 Å². The topological polar surface area (TPSA) is 57.6 Å². The molecule has 6 heteroatoms. The summed E-state index contributed by atoms with van der Waals surface area (Å²) in [4.78, 5) is 0.281. The molecule has 1 aliphatic rings. The lowest BCUT2D eigenvalue weighted by molar-refractivity contribution is 0.186. The number of rotatable bonds is 3. The lowest BCUT2D eigenvalue weighted by Crippen LogP contribution is -2.42. The zero-order valence-corrected chi connectivity index (χ0v) is 14.0. The molecule has 1 saturated heterocycles. The van der Waals surface area contributed by atoms with E-state index >= 15 is 0 Å². The first-order valence-electron chi connectivity index (χ1n) is 6.85. The van der Waals surface area contributed by atoms with Crippen molar-refractivity contribution < 1.29 is 13.5 Å². The van der Waals surface area contributed by atoms with Gasteiger partial charge in [-0.2, -0.15) is 4.31 Å². The summed E-state index contributed by atoms with van der Waals surface area (Å²) in [6, 6.07) is 4.92. The third-order valence-electron chi connectivity index (χ3n) is 3.71. The van der Waals surface area contributed by atoms with Crippen LogP contribution in [0.2, 0.25) is 0 Å². The Balaban J connectivity index is 2.41. The maximum atomic E-state index is 12.8. The monoisotopic (exact) mass is 361 g/mol. The minimum Gasteiger partial charge on any atom is -0.395 e. The van der Waals surface area contributed by atoms with E-state index in [1.54, 1.807) is 18.2 Å². The van der Waals surface area contributed by atoms with Crippen molar-refractivity contribution in [2.45, 2.75) is 43.5 Å². The fourth-order valence-electron chi connectivity index (χ4n) is 2.59. The van der Waals surface area contributed by atoms with Crippen LogP contribution in [0.3, 0.4) is 0 Å². The van der Waals surface area contributed by atoms with Crippen LogP contribution in [0.4, 0.5) is 0 Å². The molecule has 1 aliphatic heterocycles. The molecule has 20 heavy (non-hydrogen) atoms. The van der Waals surface area contributed by atoms with Crippen molar-refractivity contribution in [3.8, 4) is 0 Å². The molecule has 1 fully saturated rings. The SMILES string of the molecule is Cc1ccc(S(=O)(=O)N2CCCCCC2CO)c(Br)c1. The van der Waals surface area contributed by atoms with Gasteiger partial charge < -0.3 is 5.11 Å². The van der Waals surface area contributed by atoms with Gasteiger partial charge in [-0.25, -0.2) is 8.42 Å². The van der Waals surface area contributed by atoms with E-state index in [0.717, 1.165) is 31.2 Å². The highest BCUT2D eigenvalue weighted by Gasteiger charge is 2.33. The van der Waals surface area contributed by atoms with Crippen molar-refractivity contribution in [2.75, 3.05) is 13.2 Å². The number of halogens is 1. The number of hydrogen-bond acceptors (Lipinski definition) is 3. The summed E-state index contributed by atoms with van der Waals surface area (Å²) in [7, 11) is -3.57. The van der Waals surface area contributed by atoms with Crippen molar-refractivity contribution in [3.63, 3.8) is 0 Å². The summed E-state index contributed by atoms with van der Waals surface area (Å²) in [6.07, 6.45) is 3.54. The Bertz CT molecular complexity index is 574. The number of aliphatic hydroxyl groups excluding tert-OH is 1. The minimum atomic E-state index is -3.57. The highest BCUT2D eigenvalue weighted by Crippen LogP contribution is 2.29. The zero-order chi connectivity index (χ0) is 14.8. The number of sulfonamides is 1. The minimum absolute atomic E-state index is 0.122. The zero-order valence-electron chi connectivity index (χ0n) is 11.5. The summed E-state index contributed by atoms with van der Waals surface area (Å²) in [6.45, 7) is 2.28. The number of aryl methyl sites for hydroxylation is 1. The molecule has 0 aromatic heterocycles. The second-order valence-corrected chi connectivity index (χ2v) is 7.95. The molecule has 1 N–H and O–H groups in total. The average Bonchev–Trinajstić information content (AvgIpc) is 2.63. The number of benzene rings is 1. The predicted molar refractivity (Wildman–Crippen MR) is 82.1 cm³/mol. The first kappa shape index (κ1) is 15.9. The molecule has 1 aromatic carbocycles. The molecule has 0 amide bonds. The van der Waals surface area contributed by atoms with Crippen LogP contribution < -0.4 is 0 Å². The van der Waals surface area contributed by atoms with Gasteiger partial charge >= 0.3 is 0 Å². The summed E-state index contributed by atoms with van der Waals surface area (Å²) < 4.78 is 27.7. The van der Waals surface area contributed by atoms with Gasteiger partial charge in [-0.05, 0) is 53.4 Å². The Morgan fingerprint density at radius 2 is 2.10 bits per heavy atom. The molecule has 0 aliphatic carbocycles. The van der Waals surface area contributed by atoms with Crippen LogP contribution in [-0.4, -0.2) is 37.0 Å². The first-order valence-corrected chi connectivity index (χ1v) is 9.09. The van der Waals surface area contributed by atoms with E-state index in [2.05, 4.69) is 15.9 Å². The van der Waals surface area contributed by atoms with E-state index in [1.165, 1.54) is 4.31 Å². The van der Waals surface area contributed by atoms with Crippen LogP contribution in [0.15, 0.2) is 27.6 Å². The van der Waals surface area contributed by atoms with E-state index in [4.69, 9.17) is 0 Å². The third kappa shape index (κ3) is 3.24. The Morgan fingerprint density at radius 3 is 2.75 bits per heavy atom. The average molecular weight is 362 g/mol. The Kier molecular flexibility index (Phi) is 5.23. The van der Waals surface area contributed by atoms with Gasteiger partial charge in [-0.15, -0.1) is 0 Å². The molecule has 0 saturated carbocycles. The molecule has 1 atom stereocenters. The molecule has 4 nitrogen and oxygen atoms in total. The highest BCUT2D eigenvalue weighted by atomic mass is 79.9. The van der Waals surface area contributed by atoms with Crippen LogP contribution >= 0.6 is 15.9 Å². The predicted octanol–water partition coefficient (Wildman–Crippen LogP) is 2.68. The lowest BCUT2D eigenvalue weighted by Gasteiger charge is -2.28. The van der Waals surface area contributed by atoms with Crippen molar-refractivity contribution in [2.24, 2.45) is 0 Å². The molecule has 2 rings (SSSR count). The summed E-state index contributed by atoms with van der Waals surface area (Å²) >= 11 is 3.34. The molecule has 1 aromatic rings. The number of hydrogen-bond donors (Lipinski definition) is 1. The second kappa shape index (κ2) is 6.56. The van der Waals surface area contributed by atoms with Crippen LogP contribution in [-0.2, 0) is 10.0 Å². The number of nitrogens with zero attached hydrogens (tertiary/aromatic N) is 1. The van der Waals surface area contributed by atoms with E-state index < -0.39 is 10.0 Å². The molecule has 0 radical (unpaired) electrons. The van der Waals surface area contributed by atoms with E-state index in [-0.39, 0.29) is 17.5 Å². The molecule has 0 bridgehead atoms. The van der Waals surface area contributed by atoms with E-state index in [0.29, 0.717) is 11.0 Å². The molecule has 1 unspecified atom stereocenters. The number of aliphatic hydroxyl groups is 1. The maximum absolute atomic E-state index is 12.8. The highest BCUT2D eigenvalue weighted by molar-refractivity contribution is 9.10. The summed E-state index contributed by atoms with van der Waals surface area (Å²) in [5.41, 5.74) is 1.00. The normalized spacial score (nSPS) is 21.6. The van der Waals surface area contributed by atoms with Crippen molar-refractivity contribution in [3.05, 3.63) is 28.2 Å². The van der Waals surface area contributed by atoms with Gasteiger partial charge in [-0.3, -0.25) is 0 Å². The van der Waals surface area contributed by atoms with Gasteiger partial charge in [0, 0.05) is 17.1 Å². The largest absolute Gasteiger partial charge is 0.395 e. The molecular formula is C14H20BrNO3S. The fraction of sp³-hybridized carbons (Fsp3) is 0.571. The molecule has 1 heterocycles. The van der Waals surface area contributed by atoms with Crippen molar-refractivity contribution in [1.29, 1.82) is 0 Å². The second-order valence-electron chi connectivity index (χ2n) is 5.24. The van der Waals surface area contributed by atoms with Gasteiger partial charge in [0.15, 0.2) is 0 Å². The van der Waals surface area contributed by atoms with E-state index in [9.17, 15) is 13.5 Å². The summed E-state index contributed by atoms with van der Waals surface area (Å²) in [5, 5.41) is 9.49. The van der Waals surface area contributed by atoms with Crippen LogP contribution in [0.5, 0.6) is 0 Å². The van der Waals surface area contributed by atoms with Crippen molar-refractivity contribution in [1.82, 2.24) is 4.31 Å². The van der Waals surface area contributed by atoms with Gasteiger partial charge in [0.05, 0.1) is 11.5 Å². The lowest BCUT2D eigenvalue weighted by atomic mass is 10.1. The Labute approximate surface area is 129 Å². The fourth-order valence-corrected chi connectivity index (χ4v) is 5.43. The van der Waals surface area contributed by atoms with Gasteiger partial charge in [0.2, 0.25) is 10.0 Å². The summed E-state index contributed by atoms with van der Waals surface area (Å²) in [5.74, 6) is 0. The smallest absolute Gasteiger partial charge is 0.244 e. The maximum Gasteiger partial charge on any atom is 0.244 e. The van der Waals surface area contributed by atoms with Crippen LogP contribution in [0.1, 0.15) is 31.2 Å². The molecular weight excluding hydrogens is 342 g/mol. The van der Waals surface area contributed by atoms with Gasteiger partial charge in [0.25, 0.3) is 0 Å². The third-order valence-corrected chi connectivity index (χ3v) is 6.64. The van der Waals surface area contributed by atoms with Crippen LogP contribution in [0, 0.1) is 6.92 Å². The molecule has 112 valence electrons.